The van der Waals surface area contributed by atoms with E-state index in [0.717, 1.165) is 43.7 Å². The third kappa shape index (κ3) is 5.23. The fraction of sp³-hybridized carbons (Fsp3) is 0.500. The zero-order chi connectivity index (χ0) is 24.3. The molecule has 2 heterocycles. The van der Waals surface area contributed by atoms with Crippen LogP contribution in [0.2, 0.25) is 0 Å². The highest BCUT2D eigenvalue weighted by atomic mass is 32.2. The van der Waals surface area contributed by atoms with Gasteiger partial charge in [0, 0.05) is 26.3 Å². The van der Waals surface area contributed by atoms with Gasteiger partial charge in [-0.2, -0.15) is 0 Å². The lowest BCUT2D eigenvalue weighted by molar-refractivity contribution is -0.117. The normalized spacial score (nSPS) is 16.9. The Labute approximate surface area is 203 Å². The number of carbonyl (C=O) groups is 1. The molecule has 0 spiro atoms. The molecule has 2 aromatic rings. The fourth-order valence-corrected chi connectivity index (χ4v) is 6.19. The number of rotatable bonds is 8. The molecule has 2 aliphatic rings. The molecule has 8 heteroatoms. The van der Waals surface area contributed by atoms with E-state index in [1.807, 2.05) is 38.1 Å². The number of ether oxygens (including phenoxy) is 1. The minimum atomic E-state index is -3.79. The molecule has 0 atom stereocenters. The SMILES string of the molecule is CCc1ccc(N(CC(C)C)S(=O)(=O)c2ccc3c(c2)NCC(=O)N3CC2CCOCC2)cc1. The second kappa shape index (κ2) is 10.4. The van der Waals surface area contributed by atoms with E-state index in [9.17, 15) is 13.2 Å². The van der Waals surface area contributed by atoms with Crippen LogP contribution in [0.3, 0.4) is 0 Å². The maximum atomic E-state index is 13.8. The molecule has 1 saturated heterocycles. The number of fused-ring (bicyclic) bond motifs is 1. The molecular formula is C26H35N3O4S. The van der Waals surface area contributed by atoms with Crippen LogP contribution in [0.25, 0.3) is 0 Å². The van der Waals surface area contributed by atoms with Crippen molar-refractivity contribution >= 4 is 33.0 Å². The minimum Gasteiger partial charge on any atom is -0.381 e. The first kappa shape index (κ1) is 24.5. The zero-order valence-corrected chi connectivity index (χ0v) is 21.1. The number of carbonyl (C=O) groups excluding carboxylic acids is 1. The fourth-order valence-electron chi connectivity index (χ4n) is 4.54. The van der Waals surface area contributed by atoms with Gasteiger partial charge in [0.2, 0.25) is 5.91 Å². The van der Waals surface area contributed by atoms with Crippen molar-refractivity contribution in [1.82, 2.24) is 0 Å². The first-order valence-electron chi connectivity index (χ1n) is 12.2. The van der Waals surface area contributed by atoms with Gasteiger partial charge < -0.3 is 15.0 Å². The Hall–Kier alpha value is -2.58. The average molecular weight is 486 g/mol. The molecule has 2 aromatic carbocycles. The molecule has 184 valence electrons. The first-order valence-corrected chi connectivity index (χ1v) is 13.6. The quantitative estimate of drug-likeness (QED) is 0.604. The van der Waals surface area contributed by atoms with Gasteiger partial charge in [0.05, 0.1) is 28.5 Å². The van der Waals surface area contributed by atoms with Crippen LogP contribution < -0.4 is 14.5 Å². The van der Waals surface area contributed by atoms with Crippen molar-refractivity contribution in [3.05, 3.63) is 48.0 Å². The number of hydrogen-bond acceptors (Lipinski definition) is 5. The highest BCUT2D eigenvalue weighted by molar-refractivity contribution is 7.92. The van der Waals surface area contributed by atoms with Crippen molar-refractivity contribution in [3.8, 4) is 0 Å². The van der Waals surface area contributed by atoms with Crippen LogP contribution in [0, 0.1) is 11.8 Å². The van der Waals surface area contributed by atoms with Crippen LogP contribution >= 0.6 is 0 Å². The monoisotopic (exact) mass is 485 g/mol. The van der Waals surface area contributed by atoms with E-state index in [0.29, 0.717) is 30.4 Å². The van der Waals surface area contributed by atoms with Gasteiger partial charge in [-0.05, 0) is 67.0 Å². The second-order valence-electron chi connectivity index (χ2n) is 9.54. The molecule has 0 aliphatic carbocycles. The molecule has 0 aromatic heterocycles. The van der Waals surface area contributed by atoms with Gasteiger partial charge in [0.1, 0.15) is 0 Å². The lowest BCUT2D eigenvalue weighted by atomic mass is 9.99. The molecule has 0 saturated carbocycles. The largest absolute Gasteiger partial charge is 0.381 e. The van der Waals surface area contributed by atoms with E-state index in [1.165, 1.54) is 4.31 Å². The maximum absolute atomic E-state index is 13.8. The van der Waals surface area contributed by atoms with Crippen molar-refractivity contribution < 1.29 is 17.9 Å². The smallest absolute Gasteiger partial charge is 0.264 e. The molecule has 7 nitrogen and oxygen atoms in total. The Morgan fingerprint density at radius 2 is 1.82 bits per heavy atom. The molecule has 1 fully saturated rings. The number of anilines is 3. The summed E-state index contributed by atoms with van der Waals surface area (Å²) in [6.07, 6.45) is 2.76. The second-order valence-corrected chi connectivity index (χ2v) is 11.4. The summed E-state index contributed by atoms with van der Waals surface area (Å²) in [6, 6.07) is 12.8. The van der Waals surface area contributed by atoms with Crippen LogP contribution in [-0.2, 0) is 26.0 Å². The molecule has 0 radical (unpaired) electrons. The molecule has 0 unspecified atom stereocenters. The predicted molar refractivity (Wildman–Crippen MR) is 136 cm³/mol. The third-order valence-electron chi connectivity index (χ3n) is 6.52. The van der Waals surface area contributed by atoms with Crippen molar-refractivity contribution in [2.24, 2.45) is 11.8 Å². The zero-order valence-electron chi connectivity index (χ0n) is 20.3. The lowest BCUT2D eigenvalue weighted by Crippen LogP contribution is -2.43. The summed E-state index contributed by atoms with van der Waals surface area (Å²) in [6.45, 7) is 8.72. The van der Waals surface area contributed by atoms with Gasteiger partial charge in [-0.1, -0.05) is 32.9 Å². The van der Waals surface area contributed by atoms with Gasteiger partial charge in [-0.25, -0.2) is 8.42 Å². The number of aryl methyl sites for hydroxylation is 1. The van der Waals surface area contributed by atoms with Gasteiger partial charge in [-0.15, -0.1) is 0 Å². The minimum absolute atomic E-state index is 0.00653. The number of hydrogen-bond donors (Lipinski definition) is 1. The van der Waals surface area contributed by atoms with Gasteiger partial charge >= 0.3 is 0 Å². The molecule has 1 amide bonds. The highest BCUT2D eigenvalue weighted by Gasteiger charge is 2.31. The first-order chi connectivity index (χ1) is 16.3. The summed E-state index contributed by atoms with van der Waals surface area (Å²) in [7, 11) is -3.79. The Morgan fingerprint density at radius 1 is 1.12 bits per heavy atom. The lowest BCUT2D eigenvalue weighted by Gasteiger charge is -2.34. The van der Waals surface area contributed by atoms with E-state index in [4.69, 9.17) is 4.74 Å². The molecular weight excluding hydrogens is 450 g/mol. The summed E-state index contributed by atoms with van der Waals surface area (Å²) < 4.78 is 34.5. The molecule has 4 rings (SSSR count). The van der Waals surface area contributed by atoms with Crippen molar-refractivity contribution in [2.45, 2.75) is 44.9 Å². The summed E-state index contributed by atoms with van der Waals surface area (Å²) in [5.74, 6) is 0.552. The van der Waals surface area contributed by atoms with Gasteiger partial charge in [0.15, 0.2) is 0 Å². The van der Waals surface area contributed by atoms with Crippen LogP contribution in [-0.4, -0.2) is 47.2 Å². The van der Waals surface area contributed by atoms with Crippen LogP contribution in [0.1, 0.15) is 39.2 Å². The summed E-state index contributed by atoms with van der Waals surface area (Å²) >= 11 is 0. The summed E-state index contributed by atoms with van der Waals surface area (Å²) in [4.78, 5) is 14.7. The number of benzene rings is 2. The van der Waals surface area contributed by atoms with Gasteiger partial charge in [0.25, 0.3) is 10.0 Å². The maximum Gasteiger partial charge on any atom is 0.264 e. The van der Waals surface area contributed by atoms with E-state index in [2.05, 4.69) is 12.2 Å². The van der Waals surface area contributed by atoms with E-state index < -0.39 is 10.0 Å². The van der Waals surface area contributed by atoms with E-state index in [1.54, 1.807) is 23.1 Å². The molecule has 1 N–H and O–H groups in total. The summed E-state index contributed by atoms with van der Waals surface area (Å²) in [5.41, 5.74) is 3.24. The average Bonchev–Trinajstić information content (AvgIpc) is 2.84. The standard InChI is InChI=1S/C26H35N3O4S/c1-4-20-5-7-22(8-6-20)29(17-19(2)3)34(31,32)23-9-10-25-24(15-23)27-16-26(30)28(25)18-21-11-13-33-14-12-21/h5-10,15,19,21,27H,4,11-14,16-18H2,1-3H3. The number of sulfonamides is 1. The highest BCUT2D eigenvalue weighted by Crippen LogP contribution is 2.35. The Morgan fingerprint density at radius 3 is 2.47 bits per heavy atom. The van der Waals surface area contributed by atoms with Crippen LogP contribution in [0.4, 0.5) is 17.1 Å². The van der Waals surface area contributed by atoms with Crippen LogP contribution in [0.5, 0.6) is 0 Å². The van der Waals surface area contributed by atoms with Crippen molar-refractivity contribution in [2.75, 3.05) is 47.4 Å². The third-order valence-corrected chi connectivity index (χ3v) is 8.31. The molecule has 0 bridgehead atoms. The number of nitrogens with zero attached hydrogens (tertiary/aromatic N) is 2. The number of amides is 1. The Kier molecular flexibility index (Phi) is 7.48. The van der Waals surface area contributed by atoms with Gasteiger partial charge in [-0.3, -0.25) is 9.10 Å². The predicted octanol–water partition coefficient (Wildman–Crippen LogP) is 4.29. The van der Waals surface area contributed by atoms with Crippen molar-refractivity contribution in [3.63, 3.8) is 0 Å². The van der Waals surface area contributed by atoms with Crippen molar-refractivity contribution in [1.29, 1.82) is 0 Å². The summed E-state index contributed by atoms with van der Waals surface area (Å²) in [5, 5.41) is 3.13. The molecule has 2 aliphatic heterocycles. The molecule has 34 heavy (non-hydrogen) atoms. The number of nitrogens with one attached hydrogen (secondary N) is 1. The van der Waals surface area contributed by atoms with E-state index >= 15 is 0 Å². The van der Waals surface area contributed by atoms with Crippen LogP contribution in [0.15, 0.2) is 47.4 Å². The Bertz CT molecular complexity index is 1110. The Balaban J connectivity index is 1.65. The van der Waals surface area contributed by atoms with E-state index in [-0.39, 0.29) is 23.3 Å². The topological polar surface area (TPSA) is 79.0 Å².